The van der Waals surface area contributed by atoms with Gasteiger partial charge in [-0.15, -0.1) is 0 Å². The number of piperidine rings is 1. The number of hydrogen-bond donors (Lipinski definition) is 3. The number of carboxylic acid groups (broad SMARTS) is 1. The van der Waals surface area contributed by atoms with E-state index in [1.54, 1.807) is 24.0 Å². The smallest absolute Gasteiger partial charge is 0.323 e. The number of aliphatic carboxylic acids is 1. The molecule has 2 aromatic rings. The second-order valence-corrected chi connectivity index (χ2v) is 11.4. The molecule has 1 atom stereocenters. The van der Waals surface area contributed by atoms with Crippen LogP contribution in [0.4, 0.5) is 0 Å². The number of rotatable bonds is 10. The van der Waals surface area contributed by atoms with Crippen LogP contribution in [-0.2, 0) is 21.4 Å². The van der Waals surface area contributed by atoms with Gasteiger partial charge in [-0.25, -0.2) is 8.42 Å². The van der Waals surface area contributed by atoms with Crippen LogP contribution >= 0.6 is 0 Å². The van der Waals surface area contributed by atoms with Crippen LogP contribution in [0.5, 0.6) is 0 Å². The van der Waals surface area contributed by atoms with E-state index in [9.17, 15) is 27.9 Å². The van der Waals surface area contributed by atoms with Crippen molar-refractivity contribution in [3.8, 4) is 0 Å². The third-order valence-electron chi connectivity index (χ3n) is 6.85. The number of nitrogens with one attached hydrogen (secondary N) is 2. The first kappa shape index (κ1) is 27.7. The minimum Gasteiger partial charge on any atom is -0.480 e. The van der Waals surface area contributed by atoms with Gasteiger partial charge in [-0.05, 0) is 51.4 Å². The van der Waals surface area contributed by atoms with Crippen LogP contribution in [0, 0.1) is 6.92 Å². The number of aromatic nitrogens is 2. The molecule has 2 amide bonds. The molecule has 1 fully saturated rings. The lowest BCUT2D eigenvalue weighted by Crippen LogP contribution is -2.48. The largest absolute Gasteiger partial charge is 0.480 e. The summed E-state index contributed by atoms with van der Waals surface area (Å²) in [6.07, 6.45) is 4.29. The Morgan fingerprint density at radius 1 is 1.03 bits per heavy atom. The number of carbonyl (C=O) groups excluding carboxylic acids is 2. The Morgan fingerprint density at radius 3 is 2.42 bits per heavy atom. The quantitative estimate of drug-likeness (QED) is 0.393. The van der Waals surface area contributed by atoms with E-state index in [-0.39, 0.29) is 16.5 Å². The molecule has 1 saturated heterocycles. The molecule has 0 aliphatic carbocycles. The molecule has 2 aliphatic rings. The van der Waals surface area contributed by atoms with E-state index in [4.69, 9.17) is 0 Å². The Morgan fingerprint density at radius 2 is 1.74 bits per heavy atom. The van der Waals surface area contributed by atoms with E-state index in [0.29, 0.717) is 31.7 Å². The van der Waals surface area contributed by atoms with Crippen molar-refractivity contribution in [2.45, 2.75) is 50.1 Å². The Bertz CT molecular complexity index is 1270. The third kappa shape index (κ3) is 6.77. The summed E-state index contributed by atoms with van der Waals surface area (Å²) in [5, 5.41) is 16.2. The van der Waals surface area contributed by atoms with E-state index in [2.05, 4.69) is 20.0 Å². The van der Waals surface area contributed by atoms with Crippen LogP contribution < -0.4 is 10.0 Å². The van der Waals surface area contributed by atoms with Crippen molar-refractivity contribution in [3.63, 3.8) is 0 Å². The summed E-state index contributed by atoms with van der Waals surface area (Å²) < 4.78 is 28.8. The number of carbonyl (C=O) groups is 3. The molecule has 4 rings (SSSR count). The van der Waals surface area contributed by atoms with E-state index in [1.165, 1.54) is 42.1 Å². The van der Waals surface area contributed by atoms with Gasteiger partial charge in [0.15, 0.2) is 5.69 Å². The molecule has 1 unspecified atom stereocenters. The number of hydrogen-bond acceptors (Lipinski definition) is 7. The number of carboxylic acids is 1. The van der Waals surface area contributed by atoms with Crippen molar-refractivity contribution >= 4 is 27.8 Å². The zero-order chi connectivity index (χ0) is 27.3. The number of amides is 2. The van der Waals surface area contributed by atoms with Crippen molar-refractivity contribution in [1.82, 2.24) is 29.6 Å². The molecule has 1 aromatic heterocycles. The van der Waals surface area contributed by atoms with Crippen molar-refractivity contribution in [1.29, 1.82) is 0 Å². The number of benzene rings is 1. The van der Waals surface area contributed by atoms with Gasteiger partial charge in [0, 0.05) is 38.8 Å². The van der Waals surface area contributed by atoms with Gasteiger partial charge in [-0.2, -0.15) is 9.82 Å². The van der Waals surface area contributed by atoms with Crippen LogP contribution in [-0.4, -0.2) is 96.2 Å². The zero-order valence-corrected chi connectivity index (χ0v) is 22.2. The maximum atomic E-state index is 13.2. The molecule has 0 radical (unpaired) electrons. The summed E-state index contributed by atoms with van der Waals surface area (Å²) in [5.41, 5.74) is 1.13. The van der Waals surface area contributed by atoms with E-state index in [1.807, 2.05) is 0 Å². The fourth-order valence-electron chi connectivity index (χ4n) is 4.64. The Kier molecular flexibility index (Phi) is 8.80. The van der Waals surface area contributed by atoms with Crippen LogP contribution in [0.3, 0.4) is 0 Å². The second kappa shape index (κ2) is 12.0. The Labute approximate surface area is 222 Å². The number of likely N-dealkylation sites (tertiary alicyclic amines) is 1. The maximum absolute atomic E-state index is 13.2. The van der Waals surface area contributed by atoms with Crippen LogP contribution in [0.25, 0.3) is 0 Å². The minimum atomic E-state index is -4.12. The molecular formula is C25H34N6O6S. The normalized spacial score (nSPS) is 17.5. The summed E-state index contributed by atoms with van der Waals surface area (Å²) in [5.74, 6) is -2.33. The fourth-order valence-corrected chi connectivity index (χ4v) is 5.83. The Balaban J connectivity index is 1.38. The third-order valence-corrected chi connectivity index (χ3v) is 8.33. The molecule has 2 aliphatic heterocycles. The highest BCUT2D eigenvalue weighted by molar-refractivity contribution is 7.89. The predicted molar refractivity (Wildman–Crippen MR) is 138 cm³/mol. The molecule has 206 valence electrons. The van der Waals surface area contributed by atoms with Crippen molar-refractivity contribution < 1.29 is 27.9 Å². The monoisotopic (exact) mass is 546 g/mol. The minimum absolute atomic E-state index is 0.0308. The molecule has 3 heterocycles. The van der Waals surface area contributed by atoms with Gasteiger partial charge >= 0.3 is 5.97 Å². The van der Waals surface area contributed by atoms with Gasteiger partial charge in [-0.3, -0.25) is 19.1 Å². The predicted octanol–water partition coefficient (Wildman–Crippen LogP) is 0.685. The standard InChI is InChI=1S/C25H34N6O6S/c1-18-6-8-19(9-7-18)38(36,37)28-21(25(34)35)17-26-23(32)20-16-22-24(33)30(12-5-13-31(22)27-20)15-14-29-10-3-2-4-11-29/h6-9,16,21,28H,2-5,10-15,17H2,1H3,(H,26,32)(H,34,35). The van der Waals surface area contributed by atoms with Gasteiger partial charge in [0.05, 0.1) is 4.90 Å². The first-order valence-corrected chi connectivity index (χ1v) is 14.3. The van der Waals surface area contributed by atoms with Crippen molar-refractivity contribution in [3.05, 3.63) is 47.3 Å². The first-order valence-electron chi connectivity index (χ1n) is 12.8. The molecular weight excluding hydrogens is 512 g/mol. The highest BCUT2D eigenvalue weighted by Gasteiger charge is 2.29. The van der Waals surface area contributed by atoms with Crippen molar-refractivity contribution in [2.24, 2.45) is 0 Å². The van der Waals surface area contributed by atoms with Crippen LogP contribution in [0.15, 0.2) is 35.2 Å². The van der Waals surface area contributed by atoms with E-state index in [0.717, 1.165) is 25.2 Å². The lowest BCUT2D eigenvalue weighted by atomic mass is 10.1. The van der Waals surface area contributed by atoms with Gasteiger partial charge in [0.2, 0.25) is 10.0 Å². The maximum Gasteiger partial charge on any atom is 0.323 e. The van der Waals surface area contributed by atoms with Crippen LogP contribution in [0.2, 0.25) is 0 Å². The second-order valence-electron chi connectivity index (χ2n) is 9.72. The van der Waals surface area contributed by atoms with Crippen molar-refractivity contribution in [2.75, 3.05) is 39.3 Å². The lowest BCUT2D eigenvalue weighted by molar-refractivity contribution is -0.138. The number of aryl methyl sites for hydroxylation is 2. The molecule has 38 heavy (non-hydrogen) atoms. The molecule has 0 bridgehead atoms. The molecule has 0 saturated carbocycles. The Hall–Kier alpha value is -3.29. The summed E-state index contributed by atoms with van der Waals surface area (Å²) in [6.45, 7) is 5.88. The molecule has 3 N–H and O–H groups in total. The van der Waals surface area contributed by atoms with E-state index < -0.39 is 34.5 Å². The van der Waals surface area contributed by atoms with E-state index >= 15 is 0 Å². The average Bonchev–Trinajstić information content (AvgIpc) is 3.27. The zero-order valence-electron chi connectivity index (χ0n) is 21.4. The van der Waals surface area contributed by atoms with Gasteiger partial charge in [-0.1, -0.05) is 24.1 Å². The molecule has 1 aromatic carbocycles. The van der Waals surface area contributed by atoms with Gasteiger partial charge < -0.3 is 20.2 Å². The number of sulfonamides is 1. The van der Waals surface area contributed by atoms with Gasteiger partial charge in [0.25, 0.3) is 11.8 Å². The highest BCUT2D eigenvalue weighted by Crippen LogP contribution is 2.16. The summed E-state index contributed by atoms with van der Waals surface area (Å²) in [7, 11) is -4.12. The topological polar surface area (TPSA) is 154 Å². The summed E-state index contributed by atoms with van der Waals surface area (Å²) in [6, 6.07) is 5.76. The number of nitrogens with zero attached hydrogens (tertiary/aromatic N) is 4. The SMILES string of the molecule is Cc1ccc(S(=O)(=O)NC(CNC(=O)c2cc3n(n2)CCCN(CCN2CCCCC2)C3=O)C(=O)O)cc1. The highest BCUT2D eigenvalue weighted by atomic mass is 32.2. The molecule has 0 spiro atoms. The summed E-state index contributed by atoms with van der Waals surface area (Å²) >= 11 is 0. The fraction of sp³-hybridized carbons (Fsp3) is 0.520. The molecule has 12 nitrogen and oxygen atoms in total. The molecule has 13 heteroatoms. The first-order chi connectivity index (χ1) is 18.1. The number of fused-ring (bicyclic) bond motifs is 1. The lowest BCUT2D eigenvalue weighted by Gasteiger charge is -2.29. The van der Waals surface area contributed by atoms with Crippen LogP contribution in [0.1, 0.15) is 52.2 Å². The van der Waals surface area contributed by atoms with Gasteiger partial charge in [0.1, 0.15) is 11.7 Å². The summed E-state index contributed by atoms with van der Waals surface area (Å²) in [4.78, 5) is 41.7. The average molecular weight is 547 g/mol.